The number of aliphatic hydroxyl groups is 1. The maximum absolute atomic E-state index is 10.5. The van der Waals surface area contributed by atoms with Crippen molar-refractivity contribution in [2.45, 2.75) is 32.7 Å². The van der Waals surface area contributed by atoms with Crippen LogP contribution in [0.1, 0.15) is 29.9 Å². The predicted octanol–water partition coefficient (Wildman–Crippen LogP) is 1.05. The van der Waals surface area contributed by atoms with Crippen molar-refractivity contribution in [1.82, 2.24) is 5.32 Å². The van der Waals surface area contributed by atoms with Gasteiger partial charge in [-0.3, -0.25) is 0 Å². The number of rotatable bonds is 4. The van der Waals surface area contributed by atoms with Crippen LogP contribution in [0.5, 0.6) is 0 Å². The van der Waals surface area contributed by atoms with Gasteiger partial charge in [-0.25, -0.2) is 4.79 Å². The largest absolute Gasteiger partial charge is 0.465 e. The predicted molar refractivity (Wildman–Crippen MR) is 46.1 cm³/mol. The Hall–Kier alpha value is -0.770. The quantitative estimate of drug-likeness (QED) is 0.601. The molecule has 0 saturated carbocycles. The van der Waals surface area contributed by atoms with Gasteiger partial charge in [0.2, 0.25) is 0 Å². The van der Waals surface area contributed by atoms with E-state index in [1.165, 1.54) is 6.92 Å². The van der Waals surface area contributed by atoms with Gasteiger partial charge in [0.1, 0.15) is 0 Å². The molecule has 12 heavy (non-hydrogen) atoms. The van der Waals surface area contributed by atoms with E-state index in [9.17, 15) is 9.90 Å². The Bertz CT molecular complexity index is 215. The van der Waals surface area contributed by atoms with Crippen molar-refractivity contribution >= 4 is 6.09 Å². The molecular formula is C8H17NO3. The van der Waals surface area contributed by atoms with Gasteiger partial charge in [-0.15, -0.1) is 0 Å². The second kappa shape index (κ2) is 4.30. The van der Waals surface area contributed by atoms with Gasteiger partial charge in [0, 0.05) is 0 Å². The summed E-state index contributed by atoms with van der Waals surface area (Å²) in [6.07, 6.45) is -1.12. The molecule has 0 bridgehead atoms. The third-order valence-electron chi connectivity index (χ3n) is 1.45. The van der Waals surface area contributed by atoms with Gasteiger partial charge >= 0.3 is 6.09 Å². The molecule has 0 fully saturated rings. The topological polar surface area (TPSA) is 69.6 Å². The Kier molecular flexibility index (Phi) is 2.82. The lowest BCUT2D eigenvalue weighted by Gasteiger charge is -2.28. The second-order valence-corrected chi connectivity index (χ2v) is 3.47. The first-order valence-corrected chi connectivity index (χ1v) is 3.82. The highest BCUT2D eigenvalue weighted by Gasteiger charge is 2.26. The van der Waals surface area contributed by atoms with Gasteiger partial charge in [0.15, 0.2) is 0 Å². The van der Waals surface area contributed by atoms with E-state index in [1.54, 1.807) is 0 Å². The fourth-order valence-corrected chi connectivity index (χ4v) is 1.18. The minimum atomic E-state index is -2.57. The van der Waals surface area contributed by atoms with E-state index in [1.807, 2.05) is 19.2 Å². The summed E-state index contributed by atoms with van der Waals surface area (Å²) in [5.74, 6) is 0.0778. The lowest BCUT2D eigenvalue weighted by atomic mass is 9.92. The molecule has 0 aliphatic rings. The molecule has 1 atom stereocenters. The molecule has 0 aliphatic carbocycles. The normalized spacial score (nSPS) is 19.4. The number of nitrogens with one attached hydrogen (secondary N) is 1. The first-order valence-electron chi connectivity index (χ1n) is 4.82. The van der Waals surface area contributed by atoms with Crippen LogP contribution in [-0.4, -0.2) is 28.4 Å². The molecule has 0 aliphatic heterocycles. The van der Waals surface area contributed by atoms with E-state index in [4.69, 9.17) is 7.85 Å². The molecule has 1 unspecified atom stereocenters. The summed E-state index contributed by atoms with van der Waals surface area (Å²) >= 11 is 0. The molecule has 4 heteroatoms. The Morgan fingerprint density at radius 2 is 2.25 bits per heavy atom. The molecule has 0 heterocycles. The third-order valence-corrected chi connectivity index (χ3v) is 1.45. The SMILES string of the molecule is [2H]C([2H])(O)C(C)(CC(C)C)NC(=O)O. The molecule has 72 valence electrons. The number of hydrogen-bond donors (Lipinski definition) is 3. The highest BCUT2D eigenvalue weighted by atomic mass is 16.4. The first kappa shape index (κ1) is 7.86. The van der Waals surface area contributed by atoms with Crippen LogP contribution >= 0.6 is 0 Å². The fraction of sp³-hybridized carbons (Fsp3) is 0.875. The second-order valence-electron chi connectivity index (χ2n) is 3.47. The molecule has 1 amide bonds. The number of carboxylic acid groups (broad SMARTS) is 1. The van der Waals surface area contributed by atoms with Gasteiger partial charge in [-0.05, 0) is 19.3 Å². The van der Waals surface area contributed by atoms with Gasteiger partial charge < -0.3 is 15.5 Å². The molecule has 3 N–H and O–H groups in total. The zero-order valence-electron chi connectivity index (χ0n) is 9.59. The van der Waals surface area contributed by atoms with Crippen molar-refractivity contribution in [3.05, 3.63) is 0 Å². The van der Waals surface area contributed by atoms with Crippen LogP contribution in [0, 0.1) is 5.92 Å². The smallest absolute Gasteiger partial charge is 0.405 e. The van der Waals surface area contributed by atoms with Crippen LogP contribution in [0.2, 0.25) is 0 Å². The maximum Gasteiger partial charge on any atom is 0.405 e. The van der Waals surface area contributed by atoms with E-state index in [0.717, 1.165) is 0 Å². The molecule has 0 spiro atoms. The van der Waals surface area contributed by atoms with Crippen LogP contribution in [0.25, 0.3) is 0 Å². The van der Waals surface area contributed by atoms with Crippen molar-refractivity contribution in [2.75, 3.05) is 6.56 Å². The Morgan fingerprint density at radius 3 is 2.50 bits per heavy atom. The van der Waals surface area contributed by atoms with E-state index >= 15 is 0 Å². The van der Waals surface area contributed by atoms with E-state index in [-0.39, 0.29) is 12.3 Å². The van der Waals surface area contributed by atoms with Gasteiger partial charge in [0.05, 0.1) is 14.8 Å². The average Bonchev–Trinajstić information content (AvgIpc) is 1.78. The molecule has 0 rings (SSSR count). The van der Waals surface area contributed by atoms with E-state index in [0.29, 0.717) is 0 Å². The van der Waals surface area contributed by atoms with Gasteiger partial charge in [-0.1, -0.05) is 13.8 Å². The van der Waals surface area contributed by atoms with E-state index in [2.05, 4.69) is 0 Å². The summed E-state index contributed by atoms with van der Waals surface area (Å²) in [5, 5.41) is 19.8. The zero-order chi connectivity index (χ0) is 11.6. The average molecular weight is 177 g/mol. The number of carbonyl (C=O) groups is 1. The van der Waals surface area contributed by atoms with Crippen molar-refractivity contribution in [2.24, 2.45) is 5.92 Å². The molecule has 0 aromatic carbocycles. The Labute approximate surface area is 75.4 Å². The molecule has 4 nitrogen and oxygen atoms in total. The number of amides is 1. The van der Waals surface area contributed by atoms with Gasteiger partial charge in [-0.2, -0.15) is 0 Å². The van der Waals surface area contributed by atoms with Gasteiger partial charge in [0.25, 0.3) is 0 Å². The number of hydrogen-bond acceptors (Lipinski definition) is 2. The van der Waals surface area contributed by atoms with Crippen LogP contribution in [0.3, 0.4) is 0 Å². The third kappa shape index (κ3) is 4.18. The maximum atomic E-state index is 10.5. The minimum Gasteiger partial charge on any atom is -0.465 e. The highest BCUT2D eigenvalue weighted by Crippen LogP contribution is 2.15. The molecule has 0 radical (unpaired) electrons. The van der Waals surface area contributed by atoms with Crippen LogP contribution in [0.15, 0.2) is 0 Å². The molecule has 0 aromatic heterocycles. The van der Waals surface area contributed by atoms with Crippen molar-refractivity contribution in [1.29, 1.82) is 0 Å². The molecular weight excluding hydrogens is 158 g/mol. The Morgan fingerprint density at radius 1 is 1.75 bits per heavy atom. The lowest BCUT2D eigenvalue weighted by Crippen LogP contribution is -2.49. The van der Waals surface area contributed by atoms with Crippen LogP contribution in [-0.2, 0) is 0 Å². The van der Waals surface area contributed by atoms with Crippen molar-refractivity contribution in [3.8, 4) is 0 Å². The summed E-state index contributed by atoms with van der Waals surface area (Å²) in [7, 11) is 0. The van der Waals surface area contributed by atoms with Crippen LogP contribution < -0.4 is 5.32 Å². The highest BCUT2D eigenvalue weighted by molar-refractivity contribution is 5.65. The lowest BCUT2D eigenvalue weighted by molar-refractivity contribution is 0.133. The summed E-state index contributed by atoms with van der Waals surface area (Å²) in [5.41, 5.74) is -1.48. The van der Waals surface area contributed by atoms with Crippen LogP contribution in [0.4, 0.5) is 4.79 Å². The zero-order valence-corrected chi connectivity index (χ0v) is 7.59. The molecule has 0 saturated heterocycles. The standard InChI is InChI=1S/C8H17NO3/c1-6(2)4-8(3,5-10)9-7(11)12/h6,9-10H,4-5H2,1-3H3,(H,11,12)/i5D2. The van der Waals surface area contributed by atoms with Crippen molar-refractivity contribution in [3.63, 3.8) is 0 Å². The Balaban J connectivity index is 4.76. The molecule has 0 aromatic rings. The summed E-state index contributed by atoms with van der Waals surface area (Å²) in [6, 6.07) is 0. The fourth-order valence-electron chi connectivity index (χ4n) is 1.18. The summed E-state index contributed by atoms with van der Waals surface area (Å²) in [6.45, 7) is 2.43. The minimum absolute atomic E-state index is 0.0778. The summed E-state index contributed by atoms with van der Waals surface area (Å²) < 4.78 is 14.3. The monoisotopic (exact) mass is 177 g/mol. The van der Waals surface area contributed by atoms with E-state index < -0.39 is 18.2 Å². The van der Waals surface area contributed by atoms with Crippen molar-refractivity contribution < 1.29 is 17.7 Å². The summed E-state index contributed by atoms with van der Waals surface area (Å²) in [4.78, 5) is 10.5. The first-order chi connectivity index (χ1) is 6.08.